The molecule has 1 heterocycles. The smallest absolute Gasteiger partial charge is 0.256 e. The Morgan fingerprint density at radius 2 is 1.71 bits per heavy atom. The SMILES string of the molecule is COc1ccc(N2C(=O)C(CC(=O)Nc3ccc(F)cc3)N(CCc3ccccc3F)C2=S)cc1. The summed E-state index contributed by atoms with van der Waals surface area (Å²) in [7, 11) is 1.54. The number of hydrogen-bond acceptors (Lipinski definition) is 4. The maximum absolute atomic E-state index is 14.2. The summed E-state index contributed by atoms with van der Waals surface area (Å²) in [5.74, 6) is -0.929. The van der Waals surface area contributed by atoms with Crippen LogP contribution in [0.2, 0.25) is 0 Å². The van der Waals surface area contributed by atoms with Crippen LogP contribution in [-0.4, -0.2) is 41.5 Å². The summed E-state index contributed by atoms with van der Waals surface area (Å²) in [5, 5.41) is 2.91. The van der Waals surface area contributed by atoms with Gasteiger partial charge in [-0.05, 0) is 78.8 Å². The molecule has 3 aromatic rings. The minimum atomic E-state index is -0.878. The van der Waals surface area contributed by atoms with E-state index in [0.29, 0.717) is 29.1 Å². The number of halogens is 2. The Hall–Kier alpha value is -3.85. The highest BCUT2D eigenvalue weighted by atomic mass is 32.1. The van der Waals surface area contributed by atoms with Crippen LogP contribution in [0.15, 0.2) is 72.8 Å². The van der Waals surface area contributed by atoms with E-state index in [4.69, 9.17) is 17.0 Å². The molecule has 1 fully saturated rings. The molecule has 1 aliphatic rings. The highest BCUT2D eigenvalue weighted by Crippen LogP contribution is 2.29. The third-order valence-electron chi connectivity index (χ3n) is 5.74. The third kappa shape index (κ3) is 5.46. The lowest BCUT2D eigenvalue weighted by Crippen LogP contribution is -2.39. The topological polar surface area (TPSA) is 61.9 Å². The maximum Gasteiger partial charge on any atom is 0.256 e. The Morgan fingerprint density at radius 1 is 1.03 bits per heavy atom. The number of nitrogens with zero attached hydrogens (tertiary/aromatic N) is 2. The second-order valence-corrected chi connectivity index (χ2v) is 8.33. The number of nitrogens with one attached hydrogen (secondary N) is 1. The Labute approximate surface area is 207 Å². The lowest BCUT2D eigenvalue weighted by molar-refractivity contribution is -0.124. The number of ether oxygens (including phenoxy) is 1. The number of methoxy groups -OCH3 is 1. The Balaban J connectivity index is 1.57. The number of anilines is 2. The molecule has 1 saturated heterocycles. The Kier molecular flexibility index (Phi) is 7.36. The predicted octanol–water partition coefficient (Wildman–Crippen LogP) is 4.55. The number of thiocarbonyl (C=S) groups is 1. The van der Waals surface area contributed by atoms with Crippen molar-refractivity contribution in [1.29, 1.82) is 0 Å². The monoisotopic (exact) mass is 495 g/mol. The first kappa shape index (κ1) is 24.3. The molecule has 35 heavy (non-hydrogen) atoms. The Bertz CT molecular complexity index is 1240. The van der Waals surface area contributed by atoms with Crippen molar-refractivity contribution in [3.63, 3.8) is 0 Å². The highest BCUT2D eigenvalue weighted by Gasteiger charge is 2.44. The van der Waals surface area contributed by atoms with E-state index in [-0.39, 0.29) is 29.8 Å². The fourth-order valence-electron chi connectivity index (χ4n) is 3.92. The van der Waals surface area contributed by atoms with Crippen molar-refractivity contribution in [3.8, 4) is 5.75 Å². The molecule has 0 bridgehead atoms. The summed E-state index contributed by atoms with van der Waals surface area (Å²) < 4.78 is 32.6. The van der Waals surface area contributed by atoms with E-state index in [2.05, 4.69) is 5.32 Å². The van der Waals surface area contributed by atoms with Crippen LogP contribution >= 0.6 is 12.2 Å². The fraction of sp³-hybridized carbons (Fsp3) is 0.192. The lowest BCUT2D eigenvalue weighted by Gasteiger charge is -2.24. The van der Waals surface area contributed by atoms with Gasteiger partial charge in [0.05, 0.1) is 19.2 Å². The van der Waals surface area contributed by atoms with Gasteiger partial charge in [-0.1, -0.05) is 18.2 Å². The van der Waals surface area contributed by atoms with Gasteiger partial charge in [-0.2, -0.15) is 0 Å². The zero-order chi connectivity index (χ0) is 24.9. The van der Waals surface area contributed by atoms with Gasteiger partial charge in [0.2, 0.25) is 5.91 Å². The molecule has 9 heteroatoms. The van der Waals surface area contributed by atoms with Gasteiger partial charge in [-0.3, -0.25) is 14.5 Å². The van der Waals surface area contributed by atoms with Gasteiger partial charge in [0.15, 0.2) is 5.11 Å². The van der Waals surface area contributed by atoms with Gasteiger partial charge in [-0.25, -0.2) is 8.78 Å². The van der Waals surface area contributed by atoms with E-state index in [0.717, 1.165) is 0 Å². The summed E-state index contributed by atoms with van der Waals surface area (Å²) >= 11 is 5.64. The Morgan fingerprint density at radius 3 is 2.37 bits per heavy atom. The second-order valence-electron chi connectivity index (χ2n) is 7.96. The van der Waals surface area contributed by atoms with E-state index >= 15 is 0 Å². The number of amides is 2. The molecule has 2 amide bonds. The average molecular weight is 496 g/mol. The third-order valence-corrected chi connectivity index (χ3v) is 6.15. The zero-order valence-corrected chi connectivity index (χ0v) is 19.7. The molecule has 1 aliphatic heterocycles. The molecule has 1 unspecified atom stereocenters. The first-order chi connectivity index (χ1) is 16.9. The first-order valence-corrected chi connectivity index (χ1v) is 11.4. The molecule has 1 N–H and O–H groups in total. The van der Waals surface area contributed by atoms with Crippen LogP contribution < -0.4 is 15.0 Å². The van der Waals surface area contributed by atoms with E-state index in [1.54, 1.807) is 54.5 Å². The average Bonchev–Trinajstić information content (AvgIpc) is 3.08. The highest BCUT2D eigenvalue weighted by molar-refractivity contribution is 7.80. The molecule has 3 aromatic carbocycles. The fourth-order valence-corrected chi connectivity index (χ4v) is 4.33. The molecular weight excluding hydrogens is 472 g/mol. The standard InChI is InChI=1S/C26H23F2N3O3S/c1-34-21-12-10-20(11-13-21)31-25(33)23(16-24(32)29-19-8-6-18(27)7-9-19)30(26(31)35)15-14-17-4-2-3-5-22(17)28/h2-13,23H,14-16H2,1H3,(H,29,32). The van der Waals surface area contributed by atoms with Crippen LogP contribution in [0.5, 0.6) is 5.75 Å². The molecule has 0 radical (unpaired) electrons. The predicted molar refractivity (Wildman–Crippen MR) is 133 cm³/mol. The normalized spacial score (nSPS) is 15.5. The molecule has 0 spiro atoms. The number of carbonyl (C=O) groups is 2. The molecule has 1 atom stereocenters. The number of rotatable bonds is 8. The molecular formula is C26H23F2N3O3S. The van der Waals surface area contributed by atoms with Crippen molar-refractivity contribution in [2.24, 2.45) is 0 Å². The van der Waals surface area contributed by atoms with Crippen molar-refractivity contribution in [2.45, 2.75) is 18.9 Å². The number of benzene rings is 3. The quantitative estimate of drug-likeness (QED) is 0.465. The van der Waals surface area contributed by atoms with Gasteiger partial charge >= 0.3 is 0 Å². The summed E-state index contributed by atoms with van der Waals surface area (Å²) in [6.45, 7) is 0.243. The summed E-state index contributed by atoms with van der Waals surface area (Å²) in [6.07, 6.45) is 0.118. The molecule has 0 aromatic heterocycles. The number of carbonyl (C=O) groups excluding carboxylic acids is 2. The van der Waals surface area contributed by atoms with Gasteiger partial charge in [-0.15, -0.1) is 0 Å². The van der Waals surface area contributed by atoms with Crippen LogP contribution in [0.1, 0.15) is 12.0 Å². The zero-order valence-electron chi connectivity index (χ0n) is 18.9. The molecule has 6 nitrogen and oxygen atoms in total. The van der Waals surface area contributed by atoms with Crippen LogP contribution in [0.25, 0.3) is 0 Å². The first-order valence-electron chi connectivity index (χ1n) is 10.9. The molecule has 4 rings (SSSR count). The minimum absolute atomic E-state index is 0.180. The van der Waals surface area contributed by atoms with E-state index in [1.807, 2.05) is 0 Å². The van der Waals surface area contributed by atoms with E-state index < -0.39 is 17.8 Å². The number of hydrogen-bond donors (Lipinski definition) is 1. The van der Waals surface area contributed by atoms with Gasteiger partial charge in [0, 0.05) is 12.2 Å². The maximum atomic E-state index is 14.2. The van der Waals surface area contributed by atoms with Crippen LogP contribution in [0.4, 0.5) is 20.2 Å². The summed E-state index contributed by atoms with van der Waals surface area (Å²) in [6, 6.07) is 17.7. The van der Waals surface area contributed by atoms with Gasteiger partial charge < -0.3 is 15.0 Å². The summed E-state index contributed by atoms with van der Waals surface area (Å²) in [4.78, 5) is 29.3. The van der Waals surface area contributed by atoms with Crippen LogP contribution in [-0.2, 0) is 16.0 Å². The van der Waals surface area contributed by atoms with Crippen molar-refractivity contribution >= 4 is 40.5 Å². The van der Waals surface area contributed by atoms with Crippen molar-refractivity contribution in [3.05, 3.63) is 90.0 Å². The van der Waals surface area contributed by atoms with Gasteiger partial charge in [0.25, 0.3) is 5.91 Å². The van der Waals surface area contributed by atoms with Crippen LogP contribution in [0, 0.1) is 11.6 Å². The van der Waals surface area contributed by atoms with Crippen LogP contribution in [0.3, 0.4) is 0 Å². The van der Waals surface area contributed by atoms with Crippen molar-refractivity contribution in [1.82, 2.24) is 4.90 Å². The van der Waals surface area contributed by atoms with E-state index in [9.17, 15) is 18.4 Å². The molecule has 180 valence electrons. The van der Waals surface area contributed by atoms with E-state index in [1.165, 1.54) is 35.2 Å². The van der Waals surface area contributed by atoms with Crippen molar-refractivity contribution in [2.75, 3.05) is 23.9 Å². The molecule has 0 aliphatic carbocycles. The summed E-state index contributed by atoms with van der Waals surface area (Å²) in [5.41, 5.74) is 1.44. The largest absolute Gasteiger partial charge is 0.497 e. The van der Waals surface area contributed by atoms with Gasteiger partial charge in [0.1, 0.15) is 23.4 Å². The second kappa shape index (κ2) is 10.6. The minimum Gasteiger partial charge on any atom is -0.497 e. The molecule has 0 saturated carbocycles. The lowest BCUT2D eigenvalue weighted by atomic mass is 10.1. The van der Waals surface area contributed by atoms with Crippen molar-refractivity contribution < 1.29 is 23.1 Å².